The molecule has 3 rings (SSSR count). The van der Waals surface area contributed by atoms with Crippen LogP contribution in [0.1, 0.15) is 29.9 Å². The van der Waals surface area contributed by atoms with Gasteiger partial charge >= 0.3 is 0 Å². The van der Waals surface area contributed by atoms with Crippen LogP contribution in [0.2, 0.25) is 0 Å². The number of ether oxygens (including phenoxy) is 2. The van der Waals surface area contributed by atoms with E-state index in [4.69, 9.17) is 19.7 Å². The number of nitrogens with zero attached hydrogens (tertiary/aromatic N) is 2. The number of anilines is 1. The summed E-state index contributed by atoms with van der Waals surface area (Å²) in [5, 5.41) is 7.05. The lowest BCUT2D eigenvalue weighted by atomic mass is 10.1. The van der Waals surface area contributed by atoms with Crippen molar-refractivity contribution >= 4 is 11.6 Å². The van der Waals surface area contributed by atoms with Gasteiger partial charge in [0.15, 0.2) is 17.5 Å². The number of nitrogens with two attached hydrogens (primary N) is 1. The smallest absolute Gasteiger partial charge is 0.193 e. The number of fused-ring (bicyclic) bond motifs is 1. The Bertz CT molecular complexity index is 735. The molecule has 2 aromatic rings. The standard InChI is InChI=1S/C18H24N4O3/c1-12-15(13(2)25-22-12)5-3-8-20-18(19)21-14-6-7-16-17(11-14)24-10-4-9-23-16/h6-7,11H,3-5,8-10H2,1-2H3,(H3,19,20,21). The van der Waals surface area contributed by atoms with E-state index >= 15 is 0 Å². The number of hydrogen-bond acceptors (Lipinski definition) is 5. The highest BCUT2D eigenvalue weighted by Gasteiger charge is 2.11. The Morgan fingerprint density at radius 2 is 2.04 bits per heavy atom. The van der Waals surface area contributed by atoms with Gasteiger partial charge in [0.05, 0.1) is 18.9 Å². The van der Waals surface area contributed by atoms with E-state index < -0.39 is 0 Å². The summed E-state index contributed by atoms with van der Waals surface area (Å²) in [6.45, 7) is 5.84. The topological polar surface area (TPSA) is 94.9 Å². The van der Waals surface area contributed by atoms with E-state index in [2.05, 4.69) is 15.5 Å². The summed E-state index contributed by atoms with van der Waals surface area (Å²) in [5.41, 5.74) is 8.90. The highest BCUT2D eigenvalue weighted by molar-refractivity contribution is 5.92. The van der Waals surface area contributed by atoms with E-state index in [1.165, 1.54) is 0 Å². The molecule has 0 bridgehead atoms. The van der Waals surface area contributed by atoms with Crippen molar-refractivity contribution in [3.8, 4) is 11.5 Å². The van der Waals surface area contributed by atoms with Crippen molar-refractivity contribution in [2.75, 3.05) is 25.1 Å². The number of nitrogens with one attached hydrogen (secondary N) is 1. The Morgan fingerprint density at radius 1 is 1.24 bits per heavy atom. The summed E-state index contributed by atoms with van der Waals surface area (Å²) < 4.78 is 16.4. The van der Waals surface area contributed by atoms with Crippen LogP contribution in [-0.2, 0) is 6.42 Å². The summed E-state index contributed by atoms with van der Waals surface area (Å²) in [5.74, 6) is 2.75. The first-order valence-corrected chi connectivity index (χ1v) is 8.52. The van der Waals surface area contributed by atoms with Gasteiger partial charge in [0, 0.05) is 30.3 Å². The third kappa shape index (κ3) is 4.43. The van der Waals surface area contributed by atoms with Gasteiger partial charge in [0.2, 0.25) is 0 Å². The number of rotatable bonds is 5. The molecule has 1 aromatic carbocycles. The van der Waals surface area contributed by atoms with Crippen LogP contribution in [0, 0.1) is 13.8 Å². The fourth-order valence-corrected chi connectivity index (χ4v) is 2.74. The maximum atomic E-state index is 5.97. The molecule has 3 N–H and O–H groups in total. The third-order valence-electron chi connectivity index (χ3n) is 4.07. The summed E-state index contributed by atoms with van der Waals surface area (Å²) in [6, 6.07) is 5.67. The second-order valence-corrected chi connectivity index (χ2v) is 6.01. The molecule has 0 radical (unpaired) electrons. The van der Waals surface area contributed by atoms with E-state index in [0.717, 1.165) is 53.5 Å². The molecule has 0 spiro atoms. The highest BCUT2D eigenvalue weighted by Crippen LogP contribution is 2.32. The van der Waals surface area contributed by atoms with Crippen molar-refractivity contribution in [1.29, 1.82) is 0 Å². The molecule has 0 aliphatic carbocycles. The van der Waals surface area contributed by atoms with Gasteiger partial charge in [0.25, 0.3) is 0 Å². The monoisotopic (exact) mass is 344 g/mol. The van der Waals surface area contributed by atoms with E-state index in [9.17, 15) is 0 Å². The molecule has 1 aliphatic rings. The number of hydrogen-bond donors (Lipinski definition) is 2. The molecule has 0 saturated carbocycles. The third-order valence-corrected chi connectivity index (χ3v) is 4.07. The quantitative estimate of drug-likeness (QED) is 0.492. The van der Waals surface area contributed by atoms with Crippen LogP contribution in [-0.4, -0.2) is 30.9 Å². The molecule has 25 heavy (non-hydrogen) atoms. The van der Waals surface area contributed by atoms with Crippen molar-refractivity contribution in [1.82, 2.24) is 5.16 Å². The lowest BCUT2D eigenvalue weighted by Gasteiger charge is -2.10. The minimum atomic E-state index is 0.383. The predicted octanol–water partition coefficient (Wildman–Crippen LogP) is 2.81. The molecule has 0 unspecified atom stereocenters. The van der Waals surface area contributed by atoms with E-state index in [-0.39, 0.29) is 0 Å². The molecule has 7 heteroatoms. The number of benzene rings is 1. The largest absolute Gasteiger partial charge is 0.490 e. The normalized spacial score (nSPS) is 14.2. The first-order valence-electron chi connectivity index (χ1n) is 8.52. The minimum absolute atomic E-state index is 0.383. The van der Waals surface area contributed by atoms with Crippen molar-refractivity contribution in [3.05, 3.63) is 35.2 Å². The molecule has 0 atom stereocenters. The number of aryl methyl sites for hydroxylation is 2. The molecule has 134 valence electrons. The Morgan fingerprint density at radius 3 is 2.80 bits per heavy atom. The zero-order chi connectivity index (χ0) is 17.6. The lowest BCUT2D eigenvalue weighted by molar-refractivity contribution is 0.297. The Balaban J connectivity index is 1.52. The Kier molecular flexibility index (Phi) is 5.42. The van der Waals surface area contributed by atoms with Gasteiger partial charge in [-0.3, -0.25) is 4.99 Å². The van der Waals surface area contributed by atoms with Gasteiger partial charge in [-0.15, -0.1) is 0 Å². The molecule has 1 aliphatic heterocycles. The van der Waals surface area contributed by atoms with Crippen molar-refractivity contribution < 1.29 is 14.0 Å². The van der Waals surface area contributed by atoms with E-state index in [0.29, 0.717) is 25.7 Å². The predicted molar refractivity (Wildman–Crippen MR) is 96.5 cm³/mol. The maximum Gasteiger partial charge on any atom is 0.193 e. The lowest BCUT2D eigenvalue weighted by Crippen LogP contribution is -2.23. The molecular weight excluding hydrogens is 320 g/mol. The first-order chi connectivity index (χ1) is 12.1. The highest BCUT2D eigenvalue weighted by atomic mass is 16.5. The molecular formula is C18H24N4O3. The molecule has 7 nitrogen and oxygen atoms in total. The van der Waals surface area contributed by atoms with Gasteiger partial charge in [-0.1, -0.05) is 5.16 Å². The summed E-state index contributed by atoms with van der Waals surface area (Å²) >= 11 is 0. The van der Waals surface area contributed by atoms with Crippen LogP contribution >= 0.6 is 0 Å². The fourth-order valence-electron chi connectivity index (χ4n) is 2.74. The Labute approximate surface area is 147 Å². The zero-order valence-corrected chi connectivity index (χ0v) is 14.7. The number of aliphatic imine (C=N–C) groups is 1. The van der Waals surface area contributed by atoms with Gasteiger partial charge in [0.1, 0.15) is 5.76 Å². The van der Waals surface area contributed by atoms with E-state index in [1.807, 2.05) is 32.0 Å². The summed E-state index contributed by atoms with van der Waals surface area (Å²) in [4.78, 5) is 4.37. The summed E-state index contributed by atoms with van der Waals surface area (Å²) in [7, 11) is 0. The van der Waals surface area contributed by atoms with Crippen LogP contribution in [0.5, 0.6) is 11.5 Å². The van der Waals surface area contributed by atoms with Crippen molar-refractivity contribution in [3.63, 3.8) is 0 Å². The van der Waals surface area contributed by atoms with Gasteiger partial charge in [-0.05, 0) is 38.8 Å². The molecule has 2 heterocycles. The minimum Gasteiger partial charge on any atom is -0.490 e. The molecule has 0 amide bonds. The molecule has 0 fully saturated rings. The average Bonchev–Trinajstić information content (AvgIpc) is 2.79. The fraction of sp³-hybridized carbons (Fsp3) is 0.444. The van der Waals surface area contributed by atoms with Crippen LogP contribution in [0.4, 0.5) is 5.69 Å². The van der Waals surface area contributed by atoms with Gasteiger partial charge < -0.3 is 25.0 Å². The Hall–Kier alpha value is -2.70. The zero-order valence-electron chi connectivity index (χ0n) is 14.7. The van der Waals surface area contributed by atoms with Crippen LogP contribution in [0.25, 0.3) is 0 Å². The maximum absolute atomic E-state index is 5.97. The summed E-state index contributed by atoms with van der Waals surface area (Å²) in [6.07, 6.45) is 2.64. The molecule has 1 aromatic heterocycles. The van der Waals surface area contributed by atoms with Crippen LogP contribution in [0.3, 0.4) is 0 Å². The first kappa shape index (κ1) is 17.1. The van der Waals surface area contributed by atoms with Crippen molar-refractivity contribution in [2.45, 2.75) is 33.1 Å². The van der Waals surface area contributed by atoms with Crippen LogP contribution in [0.15, 0.2) is 27.7 Å². The van der Waals surface area contributed by atoms with Gasteiger partial charge in [-0.2, -0.15) is 0 Å². The second-order valence-electron chi connectivity index (χ2n) is 6.01. The van der Waals surface area contributed by atoms with Crippen molar-refractivity contribution in [2.24, 2.45) is 10.7 Å². The number of guanidine groups is 1. The molecule has 0 saturated heterocycles. The van der Waals surface area contributed by atoms with Crippen LogP contribution < -0.4 is 20.5 Å². The van der Waals surface area contributed by atoms with Gasteiger partial charge in [-0.25, -0.2) is 0 Å². The number of aromatic nitrogens is 1. The van der Waals surface area contributed by atoms with E-state index in [1.54, 1.807) is 0 Å². The average molecular weight is 344 g/mol. The second kappa shape index (κ2) is 7.92. The SMILES string of the molecule is Cc1noc(C)c1CCCN=C(N)Nc1ccc2c(c1)OCCCO2.